The second-order valence-corrected chi connectivity index (χ2v) is 3.05. The normalized spacial score (nSPS) is 14.2. The molecule has 1 aromatic heterocycles. The van der Waals surface area contributed by atoms with Crippen molar-refractivity contribution in [2.75, 3.05) is 5.75 Å². The van der Waals surface area contributed by atoms with Gasteiger partial charge in [0.2, 0.25) is 6.08 Å². The SMILES string of the molecule is O=C=Nc1nnc2n1CCS2. The van der Waals surface area contributed by atoms with Crippen molar-refractivity contribution < 1.29 is 4.79 Å². The van der Waals surface area contributed by atoms with Crippen LogP contribution in [0.5, 0.6) is 0 Å². The second kappa shape index (κ2) is 2.48. The maximum absolute atomic E-state index is 9.89. The van der Waals surface area contributed by atoms with E-state index in [2.05, 4.69) is 15.2 Å². The van der Waals surface area contributed by atoms with Crippen LogP contribution in [0.3, 0.4) is 0 Å². The van der Waals surface area contributed by atoms with Crippen molar-refractivity contribution >= 4 is 23.8 Å². The zero-order valence-electron chi connectivity index (χ0n) is 5.52. The van der Waals surface area contributed by atoms with Crippen molar-refractivity contribution in [2.24, 2.45) is 4.99 Å². The van der Waals surface area contributed by atoms with Crippen LogP contribution in [0.4, 0.5) is 5.95 Å². The molecule has 0 unspecified atom stereocenters. The number of rotatable bonds is 1. The Balaban J connectivity index is 2.49. The van der Waals surface area contributed by atoms with Crippen LogP contribution in [0, 0.1) is 0 Å². The first-order valence-corrected chi connectivity index (χ1v) is 4.04. The number of hydrogen-bond acceptors (Lipinski definition) is 5. The van der Waals surface area contributed by atoms with E-state index in [0.717, 1.165) is 17.5 Å². The molecule has 0 N–H and O–H groups in total. The molecule has 0 spiro atoms. The van der Waals surface area contributed by atoms with Gasteiger partial charge in [-0.2, -0.15) is 0 Å². The zero-order chi connectivity index (χ0) is 7.68. The first-order valence-electron chi connectivity index (χ1n) is 3.05. The molecule has 0 saturated carbocycles. The third-order valence-corrected chi connectivity index (χ3v) is 2.34. The lowest BCUT2D eigenvalue weighted by Crippen LogP contribution is -1.91. The predicted octanol–water partition coefficient (Wildman–Crippen LogP) is 0.351. The highest BCUT2D eigenvalue weighted by molar-refractivity contribution is 7.99. The van der Waals surface area contributed by atoms with E-state index in [9.17, 15) is 4.79 Å². The summed E-state index contributed by atoms with van der Waals surface area (Å²) < 4.78 is 1.80. The summed E-state index contributed by atoms with van der Waals surface area (Å²) >= 11 is 1.61. The molecule has 2 heterocycles. The largest absolute Gasteiger partial charge is 0.285 e. The van der Waals surface area contributed by atoms with Crippen LogP contribution in [0.2, 0.25) is 0 Å². The minimum atomic E-state index is 0.361. The Bertz CT molecular complexity index is 327. The van der Waals surface area contributed by atoms with Crippen molar-refractivity contribution in [1.29, 1.82) is 0 Å². The topological polar surface area (TPSA) is 60.1 Å². The molecule has 11 heavy (non-hydrogen) atoms. The fraction of sp³-hybridized carbons (Fsp3) is 0.400. The Labute approximate surface area is 66.5 Å². The van der Waals surface area contributed by atoms with Gasteiger partial charge in [0.25, 0.3) is 5.95 Å². The third-order valence-electron chi connectivity index (χ3n) is 1.39. The molecular weight excluding hydrogens is 164 g/mol. The maximum atomic E-state index is 9.89. The van der Waals surface area contributed by atoms with Crippen LogP contribution in [-0.2, 0) is 11.3 Å². The quantitative estimate of drug-likeness (QED) is 0.448. The van der Waals surface area contributed by atoms with E-state index in [1.54, 1.807) is 16.3 Å². The van der Waals surface area contributed by atoms with Crippen LogP contribution in [0.25, 0.3) is 0 Å². The Kier molecular flexibility index (Phi) is 1.48. The van der Waals surface area contributed by atoms with E-state index in [4.69, 9.17) is 0 Å². The molecule has 0 amide bonds. The van der Waals surface area contributed by atoms with E-state index in [1.165, 1.54) is 6.08 Å². The summed E-state index contributed by atoms with van der Waals surface area (Å²) in [6.45, 7) is 0.827. The second-order valence-electron chi connectivity index (χ2n) is 1.99. The van der Waals surface area contributed by atoms with Gasteiger partial charge in [0.15, 0.2) is 5.16 Å². The van der Waals surface area contributed by atoms with E-state index in [0.29, 0.717) is 5.95 Å². The van der Waals surface area contributed by atoms with Gasteiger partial charge in [-0.05, 0) is 0 Å². The standard InChI is InChI=1S/C5H4N4OS/c10-3-6-4-7-8-5-9(4)1-2-11-5/h1-2H2. The van der Waals surface area contributed by atoms with Crippen LogP contribution >= 0.6 is 11.8 Å². The number of thioether (sulfide) groups is 1. The molecule has 6 heteroatoms. The molecule has 1 aliphatic rings. The van der Waals surface area contributed by atoms with Crippen molar-refractivity contribution in [3.63, 3.8) is 0 Å². The predicted molar refractivity (Wildman–Crippen MR) is 38.5 cm³/mol. The molecule has 0 aliphatic carbocycles. The van der Waals surface area contributed by atoms with Crippen LogP contribution in [0.1, 0.15) is 0 Å². The lowest BCUT2D eigenvalue weighted by atomic mass is 10.7. The summed E-state index contributed by atoms with van der Waals surface area (Å²) in [5.41, 5.74) is 0. The minimum Gasteiger partial charge on any atom is -0.285 e. The number of aliphatic imine (C=N–C) groups is 1. The van der Waals surface area contributed by atoms with Gasteiger partial charge in [-0.25, -0.2) is 4.79 Å². The van der Waals surface area contributed by atoms with Gasteiger partial charge in [-0.15, -0.1) is 15.2 Å². The van der Waals surface area contributed by atoms with Crippen molar-refractivity contribution in [3.05, 3.63) is 0 Å². The summed E-state index contributed by atoms with van der Waals surface area (Å²) in [5.74, 6) is 1.34. The van der Waals surface area contributed by atoms with Crippen molar-refractivity contribution in [3.8, 4) is 0 Å². The third kappa shape index (κ3) is 0.961. The summed E-state index contributed by atoms with van der Waals surface area (Å²) in [4.78, 5) is 13.3. The van der Waals surface area contributed by atoms with Crippen LogP contribution in [0.15, 0.2) is 10.1 Å². The average molecular weight is 168 g/mol. The lowest BCUT2D eigenvalue weighted by Gasteiger charge is -1.90. The summed E-state index contributed by atoms with van der Waals surface area (Å²) in [7, 11) is 0. The number of hydrogen-bond donors (Lipinski definition) is 0. The van der Waals surface area contributed by atoms with Gasteiger partial charge in [-0.1, -0.05) is 11.8 Å². The highest BCUT2D eigenvalue weighted by Gasteiger charge is 2.16. The van der Waals surface area contributed by atoms with E-state index >= 15 is 0 Å². The molecule has 56 valence electrons. The molecule has 0 saturated heterocycles. The first-order chi connectivity index (χ1) is 5.42. The molecule has 0 atom stereocenters. The molecule has 0 fully saturated rings. The van der Waals surface area contributed by atoms with Crippen molar-refractivity contribution in [1.82, 2.24) is 14.8 Å². The van der Waals surface area contributed by atoms with Gasteiger partial charge in [0.1, 0.15) is 0 Å². The van der Waals surface area contributed by atoms with Crippen molar-refractivity contribution in [2.45, 2.75) is 11.7 Å². The molecule has 5 nitrogen and oxygen atoms in total. The van der Waals surface area contributed by atoms with E-state index in [-0.39, 0.29) is 0 Å². The molecular formula is C5H4N4OS. The zero-order valence-corrected chi connectivity index (χ0v) is 6.34. The highest BCUT2D eigenvalue weighted by Crippen LogP contribution is 2.26. The lowest BCUT2D eigenvalue weighted by molar-refractivity contribution is 0.564. The molecule has 1 aliphatic heterocycles. The molecule has 1 aromatic rings. The average Bonchev–Trinajstić information content (AvgIpc) is 2.53. The molecule has 0 aromatic carbocycles. The van der Waals surface area contributed by atoms with Crippen LogP contribution < -0.4 is 0 Å². The van der Waals surface area contributed by atoms with Crippen LogP contribution in [-0.4, -0.2) is 26.6 Å². The number of fused-ring (bicyclic) bond motifs is 1. The van der Waals surface area contributed by atoms with Gasteiger partial charge in [-0.3, -0.25) is 4.57 Å². The van der Waals surface area contributed by atoms with E-state index in [1.807, 2.05) is 0 Å². The Hall–Kier alpha value is -1.13. The van der Waals surface area contributed by atoms with Gasteiger partial charge < -0.3 is 0 Å². The first kappa shape index (κ1) is 6.57. The Morgan fingerprint density at radius 3 is 3.36 bits per heavy atom. The van der Waals surface area contributed by atoms with Gasteiger partial charge in [0.05, 0.1) is 0 Å². The van der Waals surface area contributed by atoms with E-state index < -0.39 is 0 Å². The van der Waals surface area contributed by atoms with Gasteiger partial charge in [0, 0.05) is 12.3 Å². The number of isocyanates is 1. The summed E-state index contributed by atoms with van der Waals surface area (Å²) in [5, 5.41) is 8.34. The van der Waals surface area contributed by atoms with Gasteiger partial charge >= 0.3 is 0 Å². The fourth-order valence-electron chi connectivity index (χ4n) is 0.935. The monoisotopic (exact) mass is 168 g/mol. The molecule has 0 bridgehead atoms. The Morgan fingerprint density at radius 1 is 1.64 bits per heavy atom. The number of aromatic nitrogens is 3. The maximum Gasteiger partial charge on any atom is 0.262 e. The summed E-state index contributed by atoms with van der Waals surface area (Å²) in [6, 6.07) is 0. The number of carbonyl (C=O) groups excluding carboxylic acids is 1. The molecule has 2 rings (SSSR count). The molecule has 0 radical (unpaired) electrons. The number of nitrogens with zero attached hydrogens (tertiary/aromatic N) is 4. The smallest absolute Gasteiger partial charge is 0.262 e. The Morgan fingerprint density at radius 2 is 2.55 bits per heavy atom. The highest BCUT2D eigenvalue weighted by atomic mass is 32.2. The minimum absolute atomic E-state index is 0.361. The fourth-order valence-corrected chi connectivity index (χ4v) is 1.82. The summed E-state index contributed by atoms with van der Waals surface area (Å²) in [6.07, 6.45) is 1.44.